The van der Waals surface area contributed by atoms with Crippen molar-refractivity contribution in [2.45, 2.75) is 13.0 Å². The van der Waals surface area contributed by atoms with Crippen molar-refractivity contribution < 1.29 is 0 Å². The quantitative estimate of drug-likeness (QED) is 0.915. The Morgan fingerprint density at radius 3 is 2.76 bits per heavy atom. The Morgan fingerprint density at radius 1 is 1.33 bits per heavy atom. The highest BCUT2D eigenvalue weighted by atomic mass is 35.5. The second-order valence-electron chi connectivity index (χ2n) is 5.46. The predicted molar refractivity (Wildman–Crippen MR) is 84.9 cm³/mol. The lowest BCUT2D eigenvalue weighted by Gasteiger charge is -2.33. The molecule has 1 aromatic heterocycles. The van der Waals surface area contributed by atoms with Crippen molar-refractivity contribution in [3.05, 3.63) is 39.4 Å². The number of nitrogens with zero attached hydrogens (tertiary/aromatic N) is 3. The Morgan fingerprint density at radius 2 is 2.05 bits per heavy atom. The highest BCUT2D eigenvalue weighted by molar-refractivity contribution is 6.31. The molecule has 1 N–H and O–H groups in total. The summed E-state index contributed by atoms with van der Waals surface area (Å²) >= 11 is 5.98. The summed E-state index contributed by atoms with van der Waals surface area (Å²) < 4.78 is 1.64. The van der Waals surface area contributed by atoms with Crippen LogP contribution in [0.5, 0.6) is 0 Å². The molecule has 2 aromatic rings. The average Bonchev–Trinajstić information content (AvgIpc) is 2.51. The third-order valence-electron chi connectivity index (χ3n) is 4.15. The zero-order valence-electron chi connectivity index (χ0n) is 12.3. The first kappa shape index (κ1) is 14.5. The Labute approximate surface area is 128 Å². The normalized spacial score (nSPS) is 18.0. The fraction of sp³-hybridized carbons (Fsp3) is 0.467. The molecule has 6 heteroatoms. The van der Waals surface area contributed by atoms with E-state index in [-0.39, 0.29) is 11.6 Å². The van der Waals surface area contributed by atoms with Crippen molar-refractivity contribution >= 4 is 22.5 Å². The third-order valence-corrected chi connectivity index (χ3v) is 4.38. The molecule has 0 radical (unpaired) electrons. The van der Waals surface area contributed by atoms with Crippen LogP contribution in [0.4, 0.5) is 0 Å². The summed E-state index contributed by atoms with van der Waals surface area (Å²) in [6, 6.07) is 5.39. The van der Waals surface area contributed by atoms with Crippen LogP contribution < -0.4 is 10.9 Å². The van der Waals surface area contributed by atoms with Crippen LogP contribution in [0, 0.1) is 0 Å². The minimum absolute atomic E-state index is 0.0421. The molecule has 0 aliphatic carbocycles. The molecule has 1 aromatic carbocycles. The van der Waals surface area contributed by atoms with Gasteiger partial charge in [0.05, 0.1) is 16.9 Å². The molecule has 2 heterocycles. The number of nitrogens with one attached hydrogen (secondary N) is 1. The second-order valence-corrected chi connectivity index (χ2v) is 5.89. The Bertz CT molecular complexity index is 721. The van der Waals surface area contributed by atoms with Gasteiger partial charge in [0.15, 0.2) is 0 Å². The van der Waals surface area contributed by atoms with Crippen molar-refractivity contribution in [1.29, 1.82) is 0 Å². The van der Waals surface area contributed by atoms with Crippen LogP contribution in [0.15, 0.2) is 23.0 Å². The first-order valence-corrected chi connectivity index (χ1v) is 7.56. The lowest BCUT2D eigenvalue weighted by atomic mass is 10.2. The molecular weight excluding hydrogens is 288 g/mol. The van der Waals surface area contributed by atoms with Crippen LogP contribution >= 0.6 is 11.6 Å². The number of benzene rings is 1. The van der Waals surface area contributed by atoms with E-state index in [0.29, 0.717) is 15.9 Å². The van der Waals surface area contributed by atoms with Gasteiger partial charge >= 0.3 is 0 Å². The van der Waals surface area contributed by atoms with E-state index >= 15 is 0 Å². The summed E-state index contributed by atoms with van der Waals surface area (Å²) in [4.78, 5) is 19.6. The van der Waals surface area contributed by atoms with Crippen molar-refractivity contribution in [3.63, 3.8) is 0 Å². The number of piperazine rings is 1. The maximum absolute atomic E-state index is 12.5. The maximum atomic E-state index is 12.5. The largest absolute Gasteiger partial charge is 0.314 e. The standard InChI is InChI=1S/C15H19ClN4O/c1-10(20-7-5-17-6-8-20)14-18-13-4-3-11(16)9-12(13)15(21)19(14)2/h3-4,9-10,17H,5-8H2,1-2H3/t10-/m1/s1. The smallest absolute Gasteiger partial charge is 0.261 e. The van der Waals surface area contributed by atoms with E-state index < -0.39 is 0 Å². The van der Waals surface area contributed by atoms with E-state index in [9.17, 15) is 4.79 Å². The van der Waals surface area contributed by atoms with Gasteiger partial charge in [-0.25, -0.2) is 4.98 Å². The summed E-state index contributed by atoms with van der Waals surface area (Å²) in [5.74, 6) is 0.803. The molecule has 1 fully saturated rings. The van der Waals surface area contributed by atoms with Gasteiger partial charge in [0.2, 0.25) is 0 Å². The summed E-state index contributed by atoms with van der Waals surface area (Å²) in [7, 11) is 1.78. The summed E-state index contributed by atoms with van der Waals surface area (Å²) in [6.07, 6.45) is 0. The zero-order chi connectivity index (χ0) is 15.0. The van der Waals surface area contributed by atoms with Crippen LogP contribution in [0.3, 0.4) is 0 Å². The molecule has 3 rings (SSSR count). The predicted octanol–water partition coefficient (Wildman–Crippen LogP) is 1.55. The van der Waals surface area contributed by atoms with E-state index in [2.05, 4.69) is 17.1 Å². The molecular formula is C15H19ClN4O. The molecule has 112 valence electrons. The Balaban J connectivity index is 2.08. The molecule has 1 aliphatic heterocycles. The lowest BCUT2D eigenvalue weighted by molar-refractivity contribution is 0.176. The summed E-state index contributed by atoms with van der Waals surface area (Å²) in [5.41, 5.74) is 0.666. The number of hydrogen-bond donors (Lipinski definition) is 1. The van der Waals surface area contributed by atoms with E-state index in [1.807, 2.05) is 6.07 Å². The number of fused-ring (bicyclic) bond motifs is 1. The highest BCUT2D eigenvalue weighted by Gasteiger charge is 2.22. The van der Waals surface area contributed by atoms with Gasteiger partial charge in [0.25, 0.3) is 5.56 Å². The Kier molecular flexibility index (Phi) is 3.97. The van der Waals surface area contributed by atoms with E-state index in [1.165, 1.54) is 0 Å². The first-order valence-electron chi connectivity index (χ1n) is 7.19. The molecule has 21 heavy (non-hydrogen) atoms. The monoisotopic (exact) mass is 306 g/mol. The van der Waals surface area contributed by atoms with Crippen molar-refractivity contribution in [2.24, 2.45) is 7.05 Å². The topological polar surface area (TPSA) is 50.2 Å². The van der Waals surface area contributed by atoms with Gasteiger partial charge in [-0.15, -0.1) is 0 Å². The van der Waals surface area contributed by atoms with Crippen molar-refractivity contribution in [1.82, 2.24) is 19.8 Å². The third kappa shape index (κ3) is 2.69. The van der Waals surface area contributed by atoms with E-state index in [1.54, 1.807) is 23.7 Å². The minimum Gasteiger partial charge on any atom is -0.314 e. The number of aromatic nitrogens is 2. The minimum atomic E-state index is -0.0421. The van der Waals surface area contributed by atoms with Gasteiger partial charge in [0, 0.05) is 38.2 Å². The number of rotatable bonds is 2. The first-order chi connectivity index (χ1) is 10.1. The van der Waals surface area contributed by atoms with Gasteiger partial charge in [0.1, 0.15) is 5.82 Å². The van der Waals surface area contributed by atoms with Gasteiger partial charge in [-0.1, -0.05) is 11.6 Å². The van der Waals surface area contributed by atoms with Crippen LogP contribution in [0.25, 0.3) is 10.9 Å². The molecule has 1 atom stereocenters. The fourth-order valence-corrected chi connectivity index (χ4v) is 3.04. The SMILES string of the molecule is C[C@H](c1nc2ccc(Cl)cc2c(=O)n1C)N1CCNCC1. The van der Waals surface area contributed by atoms with Crippen LogP contribution in [0.1, 0.15) is 18.8 Å². The van der Waals surface area contributed by atoms with Crippen LogP contribution in [0.2, 0.25) is 5.02 Å². The number of halogens is 1. The van der Waals surface area contributed by atoms with E-state index in [4.69, 9.17) is 16.6 Å². The maximum Gasteiger partial charge on any atom is 0.261 e. The van der Waals surface area contributed by atoms with Crippen LogP contribution in [-0.4, -0.2) is 40.6 Å². The zero-order valence-corrected chi connectivity index (χ0v) is 13.0. The Hall–Kier alpha value is -1.43. The molecule has 0 bridgehead atoms. The van der Waals surface area contributed by atoms with Crippen LogP contribution in [-0.2, 0) is 7.05 Å². The molecule has 5 nitrogen and oxygen atoms in total. The molecule has 0 unspecified atom stereocenters. The number of hydrogen-bond acceptors (Lipinski definition) is 4. The second kappa shape index (κ2) is 5.75. The van der Waals surface area contributed by atoms with Crippen molar-refractivity contribution in [2.75, 3.05) is 26.2 Å². The molecule has 0 amide bonds. The average molecular weight is 307 g/mol. The van der Waals surface area contributed by atoms with Crippen molar-refractivity contribution in [3.8, 4) is 0 Å². The molecule has 1 saturated heterocycles. The molecule has 1 aliphatic rings. The van der Waals surface area contributed by atoms with Gasteiger partial charge in [-0.2, -0.15) is 0 Å². The summed E-state index contributed by atoms with van der Waals surface area (Å²) in [6.45, 7) is 5.99. The fourth-order valence-electron chi connectivity index (χ4n) is 2.87. The van der Waals surface area contributed by atoms with Gasteiger partial charge in [-0.3, -0.25) is 14.3 Å². The summed E-state index contributed by atoms with van der Waals surface area (Å²) in [5, 5.41) is 4.47. The highest BCUT2D eigenvalue weighted by Crippen LogP contribution is 2.21. The lowest BCUT2D eigenvalue weighted by Crippen LogP contribution is -2.45. The molecule has 0 spiro atoms. The van der Waals surface area contributed by atoms with Gasteiger partial charge in [-0.05, 0) is 25.1 Å². The molecule has 0 saturated carbocycles. The van der Waals surface area contributed by atoms with Gasteiger partial charge < -0.3 is 5.32 Å². The van der Waals surface area contributed by atoms with E-state index in [0.717, 1.165) is 32.0 Å².